The maximum absolute atomic E-state index is 10.7. The molecule has 2 nitrogen and oxygen atoms in total. The van der Waals surface area contributed by atoms with Crippen molar-refractivity contribution in [3.8, 4) is 0 Å². The van der Waals surface area contributed by atoms with Gasteiger partial charge in [-0.1, -0.05) is 6.42 Å². The third-order valence-electron chi connectivity index (χ3n) is 1.95. The van der Waals surface area contributed by atoms with Crippen molar-refractivity contribution in [2.24, 2.45) is 0 Å². The molecule has 0 amide bonds. The Balaban J connectivity index is 2.19. The Morgan fingerprint density at radius 3 is 2.90 bits per heavy atom. The fraction of sp³-hybridized carbons (Fsp3) is 0.875. The number of rotatable bonds is 2. The van der Waals surface area contributed by atoms with Crippen LogP contribution in [0.4, 0.5) is 0 Å². The minimum absolute atomic E-state index is 0.305. The van der Waals surface area contributed by atoms with Gasteiger partial charge in [-0.25, -0.2) is 0 Å². The second-order valence-corrected chi connectivity index (χ2v) is 3.05. The summed E-state index contributed by atoms with van der Waals surface area (Å²) in [6.45, 7) is 2.76. The molecule has 1 aliphatic heterocycles. The first-order chi connectivity index (χ1) is 4.79. The fourth-order valence-electron chi connectivity index (χ4n) is 1.45. The number of nitrogens with one attached hydrogen (secondary N) is 1. The molecule has 1 aliphatic rings. The van der Waals surface area contributed by atoms with Crippen LogP contribution in [0.15, 0.2) is 0 Å². The average molecular weight is 141 g/mol. The maximum Gasteiger partial charge on any atom is 0.131 e. The van der Waals surface area contributed by atoms with E-state index in [0.29, 0.717) is 11.8 Å². The predicted molar refractivity (Wildman–Crippen MR) is 40.9 cm³/mol. The van der Waals surface area contributed by atoms with E-state index in [1.807, 2.05) is 0 Å². The Hall–Kier alpha value is -0.370. The molecular formula is C8H15NO. The van der Waals surface area contributed by atoms with Crippen molar-refractivity contribution >= 4 is 5.78 Å². The largest absolute Gasteiger partial charge is 0.314 e. The van der Waals surface area contributed by atoms with Crippen molar-refractivity contribution in [2.45, 2.75) is 38.6 Å². The number of carbonyl (C=O) groups is 1. The molecule has 0 radical (unpaired) electrons. The lowest BCUT2D eigenvalue weighted by Crippen LogP contribution is -2.35. The summed E-state index contributed by atoms with van der Waals surface area (Å²) < 4.78 is 0. The molecule has 0 saturated carbocycles. The summed E-state index contributed by atoms with van der Waals surface area (Å²) in [5.41, 5.74) is 0. The van der Waals surface area contributed by atoms with Gasteiger partial charge in [0.05, 0.1) is 0 Å². The SMILES string of the molecule is CC(=O)C[C@H]1CCCCN1. The zero-order valence-corrected chi connectivity index (χ0v) is 6.52. The van der Waals surface area contributed by atoms with Crippen LogP contribution in [0, 0.1) is 0 Å². The molecule has 0 aromatic carbocycles. The predicted octanol–water partition coefficient (Wildman–Crippen LogP) is 1.11. The van der Waals surface area contributed by atoms with Gasteiger partial charge in [-0.3, -0.25) is 4.79 Å². The van der Waals surface area contributed by atoms with Crippen LogP contribution in [0.5, 0.6) is 0 Å². The van der Waals surface area contributed by atoms with Gasteiger partial charge < -0.3 is 5.32 Å². The summed E-state index contributed by atoms with van der Waals surface area (Å²) in [5, 5.41) is 3.33. The number of Topliss-reactive ketones (excluding diaryl/α,β-unsaturated/α-hetero) is 1. The highest BCUT2D eigenvalue weighted by atomic mass is 16.1. The molecule has 1 saturated heterocycles. The molecule has 10 heavy (non-hydrogen) atoms. The van der Waals surface area contributed by atoms with E-state index in [1.165, 1.54) is 19.3 Å². The molecule has 0 bridgehead atoms. The molecule has 58 valence electrons. The van der Waals surface area contributed by atoms with E-state index >= 15 is 0 Å². The van der Waals surface area contributed by atoms with Crippen LogP contribution in [0.1, 0.15) is 32.6 Å². The lowest BCUT2D eigenvalue weighted by molar-refractivity contribution is -0.117. The van der Waals surface area contributed by atoms with E-state index in [2.05, 4.69) is 5.32 Å². The Labute approximate surface area is 62.0 Å². The van der Waals surface area contributed by atoms with Gasteiger partial charge in [0.2, 0.25) is 0 Å². The Kier molecular flexibility index (Phi) is 2.87. The van der Waals surface area contributed by atoms with Crippen LogP contribution in [0.25, 0.3) is 0 Å². The highest BCUT2D eigenvalue weighted by Gasteiger charge is 2.13. The third-order valence-corrected chi connectivity index (χ3v) is 1.95. The van der Waals surface area contributed by atoms with Crippen molar-refractivity contribution < 1.29 is 4.79 Å². The van der Waals surface area contributed by atoms with E-state index in [9.17, 15) is 4.79 Å². The van der Waals surface area contributed by atoms with Crippen molar-refractivity contribution in [2.75, 3.05) is 6.54 Å². The van der Waals surface area contributed by atoms with E-state index in [4.69, 9.17) is 0 Å². The first-order valence-electron chi connectivity index (χ1n) is 4.02. The topological polar surface area (TPSA) is 29.1 Å². The van der Waals surface area contributed by atoms with Crippen molar-refractivity contribution in [3.05, 3.63) is 0 Å². The van der Waals surface area contributed by atoms with Gasteiger partial charge in [-0.15, -0.1) is 0 Å². The van der Waals surface area contributed by atoms with Crippen LogP contribution in [-0.2, 0) is 4.79 Å². The summed E-state index contributed by atoms with van der Waals surface area (Å²) in [6, 6.07) is 0.478. The normalized spacial score (nSPS) is 26.3. The van der Waals surface area contributed by atoms with Crippen LogP contribution >= 0.6 is 0 Å². The second kappa shape index (κ2) is 3.71. The molecule has 0 aromatic heterocycles. The maximum atomic E-state index is 10.7. The molecule has 0 unspecified atom stereocenters. The summed E-state index contributed by atoms with van der Waals surface area (Å²) in [6.07, 6.45) is 4.46. The number of ketones is 1. The lowest BCUT2D eigenvalue weighted by Gasteiger charge is -2.21. The van der Waals surface area contributed by atoms with Gasteiger partial charge >= 0.3 is 0 Å². The molecule has 0 spiro atoms. The molecule has 1 fully saturated rings. The van der Waals surface area contributed by atoms with E-state index in [-0.39, 0.29) is 0 Å². The Bertz CT molecular complexity index is 116. The molecule has 1 rings (SSSR count). The van der Waals surface area contributed by atoms with E-state index < -0.39 is 0 Å². The number of piperidine rings is 1. The van der Waals surface area contributed by atoms with E-state index in [0.717, 1.165) is 13.0 Å². The van der Waals surface area contributed by atoms with Crippen LogP contribution in [0.2, 0.25) is 0 Å². The van der Waals surface area contributed by atoms with Gasteiger partial charge in [0.25, 0.3) is 0 Å². The lowest BCUT2D eigenvalue weighted by atomic mass is 10.0. The quantitative estimate of drug-likeness (QED) is 0.624. The van der Waals surface area contributed by atoms with E-state index in [1.54, 1.807) is 6.92 Å². The highest BCUT2D eigenvalue weighted by Crippen LogP contribution is 2.09. The third kappa shape index (κ3) is 2.48. The van der Waals surface area contributed by atoms with Crippen LogP contribution < -0.4 is 5.32 Å². The minimum atomic E-state index is 0.305. The van der Waals surface area contributed by atoms with Crippen molar-refractivity contribution in [1.82, 2.24) is 5.32 Å². The average Bonchev–Trinajstić information content (AvgIpc) is 1.88. The summed E-state index contributed by atoms with van der Waals surface area (Å²) in [5.74, 6) is 0.305. The number of carbonyl (C=O) groups excluding carboxylic acids is 1. The fourth-order valence-corrected chi connectivity index (χ4v) is 1.45. The molecule has 1 atom stereocenters. The second-order valence-electron chi connectivity index (χ2n) is 3.05. The first kappa shape index (κ1) is 7.73. The monoisotopic (exact) mass is 141 g/mol. The summed E-state index contributed by atoms with van der Waals surface area (Å²) >= 11 is 0. The van der Waals surface area contributed by atoms with Crippen LogP contribution in [0.3, 0.4) is 0 Å². The first-order valence-corrected chi connectivity index (χ1v) is 4.02. The zero-order valence-electron chi connectivity index (χ0n) is 6.52. The van der Waals surface area contributed by atoms with Gasteiger partial charge in [-0.05, 0) is 26.3 Å². The molecule has 1 N–H and O–H groups in total. The standard InChI is InChI=1S/C8H15NO/c1-7(10)6-8-4-2-3-5-9-8/h8-9H,2-6H2,1H3/t8-/m1/s1. The smallest absolute Gasteiger partial charge is 0.131 e. The molecule has 0 aliphatic carbocycles. The minimum Gasteiger partial charge on any atom is -0.314 e. The van der Waals surface area contributed by atoms with Gasteiger partial charge in [0.1, 0.15) is 5.78 Å². The molecule has 0 aromatic rings. The Morgan fingerprint density at radius 2 is 2.40 bits per heavy atom. The summed E-state index contributed by atoms with van der Waals surface area (Å²) in [7, 11) is 0. The van der Waals surface area contributed by atoms with Crippen LogP contribution in [-0.4, -0.2) is 18.4 Å². The molecular weight excluding hydrogens is 126 g/mol. The molecule has 1 heterocycles. The van der Waals surface area contributed by atoms with Crippen molar-refractivity contribution in [1.29, 1.82) is 0 Å². The van der Waals surface area contributed by atoms with Crippen molar-refractivity contribution in [3.63, 3.8) is 0 Å². The van der Waals surface area contributed by atoms with Gasteiger partial charge in [0.15, 0.2) is 0 Å². The molecule has 2 heteroatoms. The number of hydrogen-bond acceptors (Lipinski definition) is 2. The Morgan fingerprint density at radius 1 is 1.60 bits per heavy atom. The zero-order chi connectivity index (χ0) is 7.40. The van der Waals surface area contributed by atoms with Gasteiger partial charge in [-0.2, -0.15) is 0 Å². The highest BCUT2D eigenvalue weighted by molar-refractivity contribution is 5.76. The number of hydrogen-bond donors (Lipinski definition) is 1. The summed E-state index contributed by atoms with van der Waals surface area (Å²) in [4.78, 5) is 10.7. The van der Waals surface area contributed by atoms with Gasteiger partial charge in [0, 0.05) is 12.5 Å².